The van der Waals surface area contributed by atoms with E-state index >= 15 is 0 Å². The number of aliphatic hydroxyl groups is 1. The van der Waals surface area contributed by atoms with Crippen LogP contribution in [0.2, 0.25) is 0 Å². The molecule has 1 amide bonds. The van der Waals surface area contributed by atoms with E-state index in [1.54, 1.807) is 6.08 Å². The summed E-state index contributed by atoms with van der Waals surface area (Å²) >= 11 is 4.79. The molecule has 0 bridgehead atoms. The van der Waals surface area contributed by atoms with Crippen molar-refractivity contribution in [2.75, 3.05) is 4.90 Å². The number of rotatable bonds is 5. The number of anilines is 1. The van der Waals surface area contributed by atoms with Gasteiger partial charge in [-0.25, -0.2) is 4.98 Å². The fraction of sp³-hybridized carbons (Fsp3) is 0.0741. The maximum Gasteiger partial charge on any atom is 0.296 e. The topological polar surface area (TPSA) is 70.5 Å². The molecule has 1 unspecified atom stereocenters. The number of nitrogens with zero attached hydrogens (tertiary/aromatic N) is 2. The summed E-state index contributed by atoms with van der Waals surface area (Å²) < 4.78 is 1.80. The van der Waals surface area contributed by atoms with E-state index in [-0.39, 0.29) is 5.57 Å². The van der Waals surface area contributed by atoms with Crippen LogP contribution in [0.4, 0.5) is 5.13 Å². The third kappa shape index (κ3) is 4.08. The molecule has 0 fully saturated rings. The quantitative estimate of drug-likeness (QED) is 0.297. The second-order valence-electron chi connectivity index (χ2n) is 7.97. The highest BCUT2D eigenvalue weighted by atomic mass is 79.9. The molecule has 1 aliphatic rings. The number of halogens is 1. The molecule has 7 heteroatoms. The first kappa shape index (κ1) is 22.3. The molecule has 1 atom stereocenters. The first-order valence-corrected chi connectivity index (χ1v) is 12.2. The van der Waals surface area contributed by atoms with Gasteiger partial charge in [-0.15, -0.1) is 0 Å². The minimum Gasteiger partial charge on any atom is -0.503 e. The van der Waals surface area contributed by atoms with Gasteiger partial charge in [0.25, 0.3) is 5.91 Å². The fourth-order valence-electron chi connectivity index (χ4n) is 3.96. The van der Waals surface area contributed by atoms with Crippen molar-refractivity contribution in [3.63, 3.8) is 0 Å². The van der Waals surface area contributed by atoms with Gasteiger partial charge in [-0.1, -0.05) is 81.9 Å². The first-order valence-electron chi connectivity index (χ1n) is 10.6. The molecule has 3 aromatic carbocycles. The van der Waals surface area contributed by atoms with Gasteiger partial charge in [0.2, 0.25) is 0 Å². The van der Waals surface area contributed by atoms with Crippen LogP contribution in [-0.2, 0) is 9.59 Å². The predicted molar refractivity (Wildman–Crippen MR) is 139 cm³/mol. The molecule has 4 aromatic rings. The SMILES string of the molecule is Cc1ccc2nc(N3C(=O)C(O)=C(C(=O)/C=C/c4ccccc4)C3c3ccc(Br)cc3)sc2c1. The van der Waals surface area contributed by atoms with Crippen molar-refractivity contribution in [1.82, 2.24) is 4.98 Å². The maximum atomic E-state index is 13.3. The van der Waals surface area contributed by atoms with Crippen LogP contribution < -0.4 is 4.90 Å². The van der Waals surface area contributed by atoms with E-state index < -0.39 is 23.5 Å². The summed E-state index contributed by atoms with van der Waals surface area (Å²) in [7, 11) is 0. The third-order valence-electron chi connectivity index (χ3n) is 5.62. The van der Waals surface area contributed by atoms with Crippen molar-refractivity contribution in [2.24, 2.45) is 0 Å². The van der Waals surface area contributed by atoms with Gasteiger partial charge in [-0.05, 0) is 54.0 Å². The smallest absolute Gasteiger partial charge is 0.296 e. The molecule has 34 heavy (non-hydrogen) atoms. The van der Waals surface area contributed by atoms with Gasteiger partial charge in [-0.2, -0.15) is 0 Å². The number of amides is 1. The lowest BCUT2D eigenvalue weighted by Gasteiger charge is -2.24. The Kier molecular flexibility index (Phi) is 5.89. The summed E-state index contributed by atoms with van der Waals surface area (Å²) in [6, 6.07) is 21.8. The van der Waals surface area contributed by atoms with E-state index in [1.807, 2.05) is 79.7 Å². The zero-order valence-electron chi connectivity index (χ0n) is 18.1. The van der Waals surface area contributed by atoms with Gasteiger partial charge >= 0.3 is 0 Å². The molecule has 1 N–H and O–H groups in total. The van der Waals surface area contributed by atoms with Crippen LogP contribution in [0, 0.1) is 6.92 Å². The average molecular weight is 531 g/mol. The van der Waals surface area contributed by atoms with E-state index in [2.05, 4.69) is 20.9 Å². The Labute approximate surface area is 208 Å². The molecule has 168 valence electrons. The summed E-state index contributed by atoms with van der Waals surface area (Å²) in [4.78, 5) is 32.7. The van der Waals surface area contributed by atoms with Crippen molar-refractivity contribution < 1.29 is 14.7 Å². The molecular formula is C27H19BrN2O3S. The van der Waals surface area contributed by atoms with Crippen LogP contribution in [-0.4, -0.2) is 21.8 Å². The minimum atomic E-state index is -0.796. The number of aromatic nitrogens is 1. The number of hydrogen-bond acceptors (Lipinski definition) is 5. The van der Waals surface area contributed by atoms with E-state index in [0.29, 0.717) is 10.7 Å². The van der Waals surface area contributed by atoms with Crippen LogP contribution >= 0.6 is 27.3 Å². The van der Waals surface area contributed by atoms with Gasteiger partial charge in [0.15, 0.2) is 16.7 Å². The van der Waals surface area contributed by atoms with E-state index in [4.69, 9.17) is 0 Å². The van der Waals surface area contributed by atoms with Crippen LogP contribution in [0.25, 0.3) is 16.3 Å². The van der Waals surface area contributed by atoms with Gasteiger partial charge in [-0.3, -0.25) is 14.5 Å². The number of benzene rings is 3. The molecule has 0 aliphatic carbocycles. The van der Waals surface area contributed by atoms with E-state index in [1.165, 1.54) is 22.3 Å². The maximum absolute atomic E-state index is 13.3. The number of allylic oxidation sites excluding steroid dienone is 1. The highest BCUT2D eigenvalue weighted by Gasteiger charge is 2.45. The lowest BCUT2D eigenvalue weighted by Crippen LogP contribution is -2.30. The van der Waals surface area contributed by atoms with E-state index in [9.17, 15) is 14.7 Å². The fourth-order valence-corrected chi connectivity index (χ4v) is 5.32. The lowest BCUT2D eigenvalue weighted by molar-refractivity contribution is -0.117. The summed E-state index contributed by atoms with van der Waals surface area (Å²) in [6.07, 6.45) is 3.07. The predicted octanol–water partition coefficient (Wildman–Crippen LogP) is 6.55. The second kappa shape index (κ2) is 9.00. The number of carbonyl (C=O) groups excluding carboxylic acids is 2. The average Bonchev–Trinajstić information content (AvgIpc) is 3.36. The van der Waals surface area contributed by atoms with Gasteiger partial charge in [0.05, 0.1) is 21.8 Å². The normalized spacial score (nSPS) is 16.2. The van der Waals surface area contributed by atoms with Crippen LogP contribution in [0.3, 0.4) is 0 Å². The molecule has 5 rings (SSSR count). The number of thiazole rings is 1. The number of hydrogen-bond donors (Lipinski definition) is 1. The zero-order valence-corrected chi connectivity index (χ0v) is 20.5. The summed E-state index contributed by atoms with van der Waals surface area (Å²) in [6.45, 7) is 1.99. The summed E-state index contributed by atoms with van der Waals surface area (Å²) in [5.74, 6) is -1.62. The standard InChI is InChI=1S/C27H19BrN2O3S/c1-16-7-13-20-22(15-16)34-27(29-20)30-24(18-9-11-19(28)12-10-18)23(25(32)26(30)33)21(31)14-8-17-5-3-2-4-6-17/h2-15,24,32H,1H3/b14-8+. The molecule has 1 aliphatic heterocycles. The highest BCUT2D eigenvalue weighted by molar-refractivity contribution is 9.10. The van der Waals surface area contributed by atoms with Crippen molar-refractivity contribution in [1.29, 1.82) is 0 Å². The number of carbonyl (C=O) groups is 2. The Morgan fingerprint density at radius 3 is 2.56 bits per heavy atom. The van der Waals surface area contributed by atoms with Crippen LogP contribution in [0.1, 0.15) is 22.7 Å². The Morgan fingerprint density at radius 2 is 1.82 bits per heavy atom. The van der Waals surface area contributed by atoms with Crippen molar-refractivity contribution in [3.8, 4) is 0 Å². The number of aliphatic hydroxyl groups excluding tert-OH is 1. The number of fused-ring (bicyclic) bond motifs is 1. The Balaban J connectivity index is 1.60. The van der Waals surface area contributed by atoms with Crippen molar-refractivity contribution >= 4 is 60.4 Å². The minimum absolute atomic E-state index is 0.0370. The molecule has 0 saturated heterocycles. The summed E-state index contributed by atoms with van der Waals surface area (Å²) in [5, 5.41) is 11.3. The third-order valence-corrected chi connectivity index (χ3v) is 7.17. The molecule has 1 aromatic heterocycles. The Hall–Kier alpha value is -3.55. The molecule has 0 saturated carbocycles. The molecule has 5 nitrogen and oxygen atoms in total. The van der Waals surface area contributed by atoms with Gasteiger partial charge in [0, 0.05) is 4.47 Å². The molecular weight excluding hydrogens is 512 g/mol. The lowest BCUT2D eigenvalue weighted by atomic mass is 9.96. The monoisotopic (exact) mass is 530 g/mol. The van der Waals surface area contributed by atoms with Crippen LogP contribution in [0.5, 0.6) is 0 Å². The highest BCUT2D eigenvalue weighted by Crippen LogP contribution is 2.43. The molecule has 0 radical (unpaired) electrons. The Morgan fingerprint density at radius 1 is 1.09 bits per heavy atom. The van der Waals surface area contributed by atoms with E-state index in [0.717, 1.165) is 25.8 Å². The zero-order chi connectivity index (χ0) is 23.8. The van der Waals surface area contributed by atoms with Crippen LogP contribution in [0.15, 0.2) is 94.7 Å². The number of ketones is 1. The van der Waals surface area contributed by atoms with Crippen molar-refractivity contribution in [3.05, 3.63) is 111 Å². The second-order valence-corrected chi connectivity index (χ2v) is 9.89. The first-order chi connectivity index (χ1) is 16.4. The van der Waals surface area contributed by atoms with Gasteiger partial charge < -0.3 is 5.11 Å². The summed E-state index contributed by atoms with van der Waals surface area (Å²) in [5.41, 5.74) is 3.43. The Bertz CT molecular complexity index is 1470. The molecule has 0 spiro atoms. The van der Waals surface area contributed by atoms with Gasteiger partial charge in [0.1, 0.15) is 0 Å². The number of aryl methyl sites for hydroxylation is 1. The largest absolute Gasteiger partial charge is 0.503 e. The van der Waals surface area contributed by atoms with Crippen molar-refractivity contribution in [2.45, 2.75) is 13.0 Å². The molecule has 2 heterocycles.